The molecule has 0 spiro atoms. The lowest BCUT2D eigenvalue weighted by molar-refractivity contribution is 0.0790. The van der Waals surface area contributed by atoms with Crippen LogP contribution in [0.3, 0.4) is 0 Å². The van der Waals surface area contributed by atoms with Crippen LogP contribution in [-0.4, -0.2) is 37.0 Å². The SMILES string of the molecule is CNC1CCN(C(=O)c2ccc3ccccc3c2)C1.Cl. The van der Waals surface area contributed by atoms with Crippen molar-refractivity contribution >= 4 is 29.1 Å². The second-order valence-electron chi connectivity index (χ2n) is 5.09. The lowest BCUT2D eigenvalue weighted by atomic mass is 10.1. The van der Waals surface area contributed by atoms with Gasteiger partial charge in [-0.05, 0) is 36.4 Å². The molecule has 1 aliphatic heterocycles. The fraction of sp³-hybridized carbons (Fsp3) is 0.312. The maximum atomic E-state index is 12.5. The summed E-state index contributed by atoms with van der Waals surface area (Å²) >= 11 is 0. The van der Waals surface area contributed by atoms with Gasteiger partial charge in [-0.1, -0.05) is 30.3 Å². The lowest BCUT2D eigenvalue weighted by Crippen LogP contribution is -2.33. The molecule has 1 atom stereocenters. The van der Waals surface area contributed by atoms with Gasteiger partial charge >= 0.3 is 0 Å². The Labute approximate surface area is 125 Å². The molecule has 1 fully saturated rings. The van der Waals surface area contributed by atoms with Crippen LogP contribution in [0.25, 0.3) is 10.8 Å². The van der Waals surface area contributed by atoms with Gasteiger partial charge in [0.05, 0.1) is 0 Å². The Hall–Kier alpha value is -1.58. The average Bonchev–Trinajstić information content (AvgIpc) is 2.95. The van der Waals surface area contributed by atoms with Crippen LogP contribution in [0.4, 0.5) is 0 Å². The van der Waals surface area contributed by atoms with Gasteiger partial charge in [0.1, 0.15) is 0 Å². The van der Waals surface area contributed by atoms with E-state index in [4.69, 9.17) is 0 Å². The fourth-order valence-electron chi connectivity index (χ4n) is 2.69. The number of halogens is 1. The molecule has 2 aromatic carbocycles. The number of hydrogen-bond acceptors (Lipinski definition) is 2. The molecular formula is C16H19ClN2O. The van der Waals surface area contributed by atoms with E-state index in [-0.39, 0.29) is 18.3 Å². The molecule has 3 rings (SSSR count). The van der Waals surface area contributed by atoms with E-state index in [2.05, 4.69) is 11.4 Å². The largest absolute Gasteiger partial charge is 0.337 e. The molecule has 20 heavy (non-hydrogen) atoms. The molecular weight excluding hydrogens is 272 g/mol. The zero-order valence-electron chi connectivity index (χ0n) is 11.5. The van der Waals surface area contributed by atoms with Crippen molar-refractivity contribution in [3.05, 3.63) is 48.0 Å². The number of nitrogens with zero attached hydrogens (tertiary/aromatic N) is 1. The van der Waals surface area contributed by atoms with Crippen LogP contribution in [0.1, 0.15) is 16.8 Å². The van der Waals surface area contributed by atoms with Gasteiger partial charge in [-0.25, -0.2) is 0 Å². The van der Waals surface area contributed by atoms with Crippen LogP contribution in [0, 0.1) is 0 Å². The number of carbonyl (C=O) groups is 1. The van der Waals surface area contributed by atoms with E-state index in [1.54, 1.807) is 0 Å². The normalized spacial score (nSPS) is 18.1. The molecule has 4 heteroatoms. The summed E-state index contributed by atoms with van der Waals surface area (Å²) < 4.78 is 0. The molecule has 0 saturated carbocycles. The molecule has 2 aromatic rings. The summed E-state index contributed by atoms with van der Waals surface area (Å²) in [6.07, 6.45) is 1.04. The van der Waals surface area contributed by atoms with Gasteiger partial charge in [-0.2, -0.15) is 0 Å². The number of hydrogen-bond donors (Lipinski definition) is 1. The minimum absolute atomic E-state index is 0. The maximum absolute atomic E-state index is 12.5. The third-order valence-electron chi connectivity index (χ3n) is 3.88. The molecule has 1 N–H and O–H groups in total. The first-order valence-electron chi connectivity index (χ1n) is 6.73. The zero-order chi connectivity index (χ0) is 13.2. The lowest BCUT2D eigenvalue weighted by Gasteiger charge is -2.16. The number of fused-ring (bicyclic) bond motifs is 1. The van der Waals surface area contributed by atoms with Gasteiger partial charge in [0.2, 0.25) is 0 Å². The van der Waals surface area contributed by atoms with Crippen molar-refractivity contribution in [2.24, 2.45) is 0 Å². The molecule has 1 amide bonds. The van der Waals surface area contributed by atoms with E-state index in [9.17, 15) is 4.79 Å². The summed E-state index contributed by atoms with van der Waals surface area (Å²) in [6, 6.07) is 14.5. The average molecular weight is 291 g/mol. The highest BCUT2D eigenvalue weighted by molar-refractivity contribution is 5.98. The smallest absolute Gasteiger partial charge is 0.253 e. The van der Waals surface area contributed by atoms with Crippen LogP contribution in [0.2, 0.25) is 0 Å². The third-order valence-corrected chi connectivity index (χ3v) is 3.88. The summed E-state index contributed by atoms with van der Waals surface area (Å²) in [5.74, 6) is 0.142. The monoisotopic (exact) mass is 290 g/mol. The van der Waals surface area contributed by atoms with Gasteiger partial charge in [-0.3, -0.25) is 4.79 Å². The highest BCUT2D eigenvalue weighted by atomic mass is 35.5. The summed E-state index contributed by atoms with van der Waals surface area (Å²) in [6.45, 7) is 1.65. The Morgan fingerprint density at radius 1 is 1.20 bits per heavy atom. The summed E-state index contributed by atoms with van der Waals surface area (Å²) in [5, 5.41) is 5.53. The Kier molecular flexibility index (Phi) is 4.63. The van der Waals surface area contributed by atoms with Gasteiger partial charge in [-0.15, -0.1) is 12.4 Å². The highest BCUT2D eigenvalue weighted by Gasteiger charge is 2.25. The van der Waals surface area contributed by atoms with Crippen LogP contribution in [0.15, 0.2) is 42.5 Å². The van der Waals surface area contributed by atoms with E-state index in [1.165, 1.54) is 5.39 Å². The number of likely N-dealkylation sites (tertiary alicyclic amines) is 1. The van der Waals surface area contributed by atoms with Crippen molar-refractivity contribution in [2.75, 3.05) is 20.1 Å². The molecule has 1 saturated heterocycles. The van der Waals surface area contributed by atoms with Crippen LogP contribution < -0.4 is 5.32 Å². The first kappa shape index (κ1) is 14.8. The minimum Gasteiger partial charge on any atom is -0.337 e. The Bertz CT molecular complexity index is 614. The minimum atomic E-state index is 0. The molecule has 1 heterocycles. The predicted molar refractivity (Wildman–Crippen MR) is 84.6 cm³/mol. The maximum Gasteiger partial charge on any atom is 0.253 e. The number of carbonyl (C=O) groups excluding carboxylic acids is 1. The number of benzene rings is 2. The van der Waals surface area contributed by atoms with Crippen molar-refractivity contribution in [1.29, 1.82) is 0 Å². The van der Waals surface area contributed by atoms with Gasteiger partial charge in [0.15, 0.2) is 0 Å². The number of likely N-dealkylation sites (N-methyl/N-ethyl adjacent to an activating group) is 1. The second kappa shape index (κ2) is 6.25. The number of nitrogens with one attached hydrogen (secondary N) is 1. The van der Waals surface area contributed by atoms with E-state index < -0.39 is 0 Å². The Morgan fingerprint density at radius 2 is 1.95 bits per heavy atom. The van der Waals surface area contributed by atoms with Crippen molar-refractivity contribution in [3.8, 4) is 0 Å². The molecule has 0 aromatic heterocycles. The van der Waals surface area contributed by atoms with Crippen LogP contribution >= 0.6 is 12.4 Å². The Balaban J connectivity index is 0.00000147. The fourth-order valence-corrected chi connectivity index (χ4v) is 2.69. The van der Waals surface area contributed by atoms with E-state index >= 15 is 0 Å². The molecule has 1 unspecified atom stereocenters. The highest BCUT2D eigenvalue weighted by Crippen LogP contribution is 2.19. The first-order valence-corrected chi connectivity index (χ1v) is 6.73. The molecule has 106 valence electrons. The van der Waals surface area contributed by atoms with E-state index in [0.717, 1.165) is 30.5 Å². The number of amides is 1. The Morgan fingerprint density at radius 3 is 2.65 bits per heavy atom. The van der Waals surface area contributed by atoms with Crippen LogP contribution in [0.5, 0.6) is 0 Å². The van der Waals surface area contributed by atoms with Crippen molar-refractivity contribution in [3.63, 3.8) is 0 Å². The second-order valence-corrected chi connectivity index (χ2v) is 5.09. The molecule has 3 nitrogen and oxygen atoms in total. The summed E-state index contributed by atoms with van der Waals surface area (Å²) in [4.78, 5) is 14.4. The molecule has 0 aliphatic carbocycles. The standard InChI is InChI=1S/C16H18N2O.ClH/c1-17-15-8-9-18(11-15)16(19)14-7-6-12-4-2-3-5-13(12)10-14;/h2-7,10,15,17H,8-9,11H2,1H3;1H. The van der Waals surface area contributed by atoms with Crippen LogP contribution in [-0.2, 0) is 0 Å². The summed E-state index contributed by atoms with van der Waals surface area (Å²) in [7, 11) is 1.95. The zero-order valence-corrected chi connectivity index (χ0v) is 12.3. The molecule has 1 aliphatic rings. The topological polar surface area (TPSA) is 32.3 Å². The first-order chi connectivity index (χ1) is 9.28. The van der Waals surface area contributed by atoms with Crippen molar-refractivity contribution < 1.29 is 4.79 Å². The van der Waals surface area contributed by atoms with Gasteiger partial charge in [0.25, 0.3) is 5.91 Å². The third kappa shape index (κ3) is 2.79. The molecule has 0 bridgehead atoms. The number of rotatable bonds is 2. The van der Waals surface area contributed by atoms with E-state index in [0.29, 0.717) is 6.04 Å². The van der Waals surface area contributed by atoms with Gasteiger partial charge in [0, 0.05) is 24.7 Å². The van der Waals surface area contributed by atoms with Crippen molar-refractivity contribution in [2.45, 2.75) is 12.5 Å². The quantitative estimate of drug-likeness (QED) is 0.922. The summed E-state index contributed by atoms with van der Waals surface area (Å²) in [5.41, 5.74) is 0.787. The van der Waals surface area contributed by atoms with Crippen molar-refractivity contribution in [1.82, 2.24) is 10.2 Å². The molecule has 0 radical (unpaired) electrons. The van der Waals surface area contributed by atoms with E-state index in [1.807, 2.05) is 48.3 Å². The predicted octanol–water partition coefficient (Wildman–Crippen LogP) is 2.70. The van der Waals surface area contributed by atoms with Gasteiger partial charge < -0.3 is 10.2 Å².